The molecule has 10 nitrogen and oxygen atoms in total. The fourth-order valence-corrected chi connectivity index (χ4v) is 4.46. The van der Waals surface area contributed by atoms with Gasteiger partial charge in [-0.1, -0.05) is 16.8 Å². The Bertz CT molecular complexity index is 1490. The molecule has 0 amide bonds. The molecule has 32 heavy (non-hydrogen) atoms. The van der Waals surface area contributed by atoms with Crippen molar-refractivity contribution >= 4 is 28.2 Å². The molecule has 3 aromatic heterocycles. The van der Waals surface area contributed by atoms with Gasteiger partial charge in [-0.05, 0) is 37.8 Å². The van der Waals surface area contributed by atoms with Crippen molar-refractivity contribution in [2.75, 3.05) is 6.61 Å². The first-order valence-corrected chi connectivity index (χ1v) is 10.7. The number of aromatic nitrogens is 5. The number of fused-ring (bicyclic) bond motifs is 3. The summed E-state index contributed by atoms with van der Waals surface area (Å²) in [5, 5.41) is 24.2. The van der Waals surface area contributed by atoms with Crippen LogP contribution in [-0.2, 0) is 16.9 Å². The maximum Gasteiger partial charge on any atom is 0.277 e. The third-order valence-corrected chi connectivity index (χ3v) is 6.45. The van der Waals surface area contributed by atoms with E-state index in [-0.39, 0.29) is 51.7 Å². The number of imidazole rings is 1. The van der Waals surface area contributed by atoms with Gasteiger partial charge < -0.3 is 18.9 Å². The van der Waals surface area contributed by atoms with Crippen LogP contribution >= 0.6 is 11.6 Å². The van der Waals surface area contributed by atoms with Crippen molar-refractivity contribution in [3.63, 3.8) is 0 Å². The van der Waals surface area contributed by atoms with E-state index in [1.807, 2.05) is 0 Å². The van der Waals surface area contributed by atoms with E-state index in [4.69, 9.17) is 20.9 Å². The lowest BCUT2D eigenvalue weighted by Crippen LogP contribution is -2.29. The molecule has 4 heterocycles. The summed E-state index contributed by atoms with van der Waals surface area (Å²) in [6, 6.07) is 5.50. The highest BCUT2D eigenvalue weighted by atomic mass is 35.5. The zero-order valence-corrected chi connectivity index (χ0v) is 17.5. The van der Waals surface area contributed by atoms with Gasteiger partial charge in [-0.15, -0.1) is 0 Å². The van der Waals surface area contributed by atoms with Gasteiger partial charge in [0.2, 0.25) is 5.82 Å². The molecule has 1 atom stereocenters. The van der Waals surface area contributed by atoms with Gasteiger partial charge in [0.05, 0.1) is 34.3 Å². The molecular formula is C21H17ClN6O4. The van der Waals surface area contributed by atoms with Crippen LogP contribution in [0.3, 0.4) is 0 Å². The molecule has 4 aromatic rings. The predicted octanol–water partition coefficient (Wildman–Crippen LogP) is 2.38. The highest BCUT2D eigenvalue weighted by molar-refractivity contribution is 6.32. The van der Waals surface area contributed by atoms with E-state index >= 15 is 0 Å². The van der Waals surface area contributed by atoms with Crippen LogP contribution in [0, 0.1) is 11.3 Å². The summed E-state index contributed by atoms with van der Waals surface area (Å²) in [7, 11) is 0. The Kier molecular flexibility index (Phi) is 4.17. The maximum atomic E-state index is 13.7. The van der Waals surface area contributed by atoms with Gasteiger partial charge in [0.15, 0.2) is 0 Å². The van der Waals surface area contributed by atoms with Crippen molar-refractivity contribution in [2.24, 2.45) is 0 Å². The number of ether oxygens (including phenoxy) is 1. The number of rotatable bonds is 4. The first-order chi connectivity index (χ1) is 15.5. The van der Waals surface area contributed by atoms with Crippen LogP contribution in [0.1, 0.15) is 37.1 Å². The second-order valence-corrected chi connectivity index (χ2v) is 8.63. The molecule has 1 aromatic carbocycles. The lowest BCUT2D eigenvalue weighted by Gasteiger charge is -2.17. The fourth-order valence-electron chi connectivity index (χ4n) is 4.27. The molecule has 1 saturated carbocycles. The fraction of sp³-hybridized carbons (Fsp3) is 0.381. The first-order valence-electron chi connectivity index (χ1n) is 10.3. The van der Waals surface area contributed by atoms with Crippen LogP contribution in [0.4, 0.5) is 0 Å². The molecule has 0 radical (unpaired) electrons. The Balaban J connectivity index is 1.63. The summed E-state index contributed by atoms with van der Waals surface area (Å²) in [6.07, 6.45) is 4.18. The second kappa shape index (κ2) is 6.87. The Morgan fingerprint density at radius 2 is 2.19 bits per heavy atom. The zero-order valence-electron chi connectivity index (χ0n) is 16.8. The number of halogens is 1. The quantitative estimate of drug-likeness (QED) is 0.499. The van der Waals surface area contributed by atoms with E-state index in [2.05, 4.69) is 21.2 Å². The van der Waals surface area contributed by atoms with Gasteiger partial charge >= 0.3 is 0 Å². The molecule has 11 heteroatoms. The van der Waals surface area contributed by atoms with E-state index in [1.54, 1.807) is 16.5 Å². The van der Waals surface area contributed by atoms with Crippen molar-refractivity contribution < 1.29 is 14.4 Å². The Hall–Kier alpha value is -3.26. The van der Waals surface area contributed by atoms with Gasteiger partial charge in [0.1, 0.15) is 29.2 Å². The highest BCUT2D eigenvalue weighted by Crippen LogP contribution is 2.44. The van der Waals surface area contributed by atoms with Crippen molar-refractivity contribution in [2.45, 2.75) is 43.9 Å². The summed E-state index contributed by atoms with van der Waals surface area (Å²) < 4.78 is 14.1. The van der Waals surface area contributed by atoms with Gasteiger partial charge in [-0.3, -0.25) is 9.20 Å². The normalized spacial score (nSPS) is 19.6. The number of benzene rings is 1. The van der Waals surface area contributed by atoms with Crippen LogP contribution in [0.15, 0.2) is 27.8 Å². The highest BCUT2D eigenvalue weighted by Gasteiger charge is 2.48. The van der Waals surface area contributed by atoms with Crippen LogP contribution < -0.4 is 5.56 Å². The standard InChI is InChI=1S/C21H17ClN6O4/c22-13-3-4-14-16(12(13)8-23)27(9-11-2-1-7-31-11)19(29)17-15(24-10-28(14)17)18-25-20(32-26-18)21(30)5-6-21/h3-4,10-11,30H,1-2,5-7,9H2. The largest absolute Gasteiger partial charge is 0.380 e. The van der Waals surface area contributed by atoms with Crippen molar-refractivity contribution in [3.8, 4) is 17.6 Å². The smallest absolute Gasteiger partial charge is 0.277 e. The Labute approximate surface area is 185 Å². The number of hydrogen-bond donors (Lipinski definition) is 1. The Morgan fingerprint density at radius 1 is 1.34 bits per heavy atom. The third-order valence-electron chi connectivity index (χ3n) is 6.13. The van der Waals surface area contributed by atoms with Crippen molar-refractivity contribution in [1.29, 1.82) is 5.26 Å². The van der Waals surface area contributed by atoms with Crippen LogP contribution in [0.25, 0.3) is 28.1 Å². The summed E-state index contributed by atoms with van der Waals surface area (Å²) in [6.45, 7) is 0.917. The summed E-state index contributed by atoms with van der Waals surface area (Å²) in [5.74, 6) is 0.241. The predicted molar refractivity (Wildman–Crippen MR) is 112 cm³/mol. The monoisotopic (exact) mass is 452 g/mol. The molecule has 2 aliphatic rings. The molecule has 1 aliphatic heterocycles. The molecule has 0 spiro atoms. The summed E-state index contributed by atoms with van der Waals surface area (Å²) in [5.41, 5.74) is 0.277. The molecule has 6 rings (SSSR count). The molecular weight excluding hydrogens is 436 g/mol. The maximum absolute atomic E-state index is 13.7. The Morgan fingerprint density at radius 3 is 2.91 bits per heavy atom. The van der Waals surface area contributed by atoms with E-state index in [9.17, 15) is 15.2 Å². The molecule has 162 valence electrons. The van der Waals surface area contributed by atoms with E-state index < -0.39 is 5.60 Å². The average molecular weight is 453 g/mol. The minimum Gasteiger partial charge on any atom is -0.380 e. The van der Waals surface area contributed by atoms with Gasteiger partial charge in [-0.25, -0.2) is 4.98 Å². The number of nitriles is 1. The number of aliphatic hydroxyl groups is 1. The molecule has 1 aliphatic carbocycles. The lowest BCUT2D eigenvalue weighted by molar-refractivity contribution is 0.0973. The topological polar surface area (TPSA) is 131 Å². The van der Waals surface area contributed by atoms with Crippen molar-refractivity contribution in [1.82, 2.24) is 24.1 Å². The number of hydrogen-bond acceptors (Lipinski definition) is 8. The van der Waals surface area contributed by atoms with E-state index in [0.717, 1.165) is 12.8 Å². The minimum atomic E-state index is -1.09. The van der Waals surface area contributed by atoms with Gasteiger partial charge in [0.25, 0.3) is 11.4 Å². The van der Waals surface area contributed by atoms with Crippen LogP contribution in [-0.4, -0.2) is 41.9 Å². The van der Waals surface area contributed by atoms with Crippen LogP contribution in [0.2, 0.25) is 5.02 Å². The second-order valence-electron chi connectivity index (χ2n) is 8.22. The number of nitrogens with zero attached hydrogens (tertiary/aromatic N) is 6. The van der Waals surface area contributed by atoms with Gasteiger partial charge in [-0.2, -0.15) is 10.2 Å². The first kappa shape index (κ1) is 19.4. The molecule has 1 unspecified atom stereocenters. The van der Waals surface area contributed by atoms with Crippen LogP contribution in [0.5, 0.6) is 0 Å². The SMILES string of the molecule is N#Cc1c(Cl)ccc2c1n(CC1CCCO1)c(=O)c1c(-c3noc(C4(O)CC4)n3)ncn12. The summed E-state index contributed by atoms with van der Waals surface area (Å²) >= 11 is 6.30. The minimum absolute atomic E-state index is 0.118. The van der Waals surface area contributed by atoms with Crippen molar-refractivity contribution in [3.05, 3.63) is 45.3 Å². The summed E-state index contributed by atoms with van der Waals surface area (Å²) in [4.78, 5) is 22.4. The third kappa shape index (κ3) is 2.79. The van der Waals surface area contributed by atoms with E-state index in [1.165, 1.54) is 10.9 Å². The molecule has 1 N–H and O–H groups in total. The lowest BCUT2D eigenvalue weighted by atomic mass is 10.1. The van der Waals surface area contributed by atoms with Gasteiger partial charge in [0, 0.05) is 6.61 Å². The average Bonchev–Trinajstić information content (AvgIpc) is 3.25. The molecule has 2 fully saturated rings. The molecule has 0 bridgehead atoms. The van der Waals surface area contributed by atoms with E-state index in [0.29, 0.717) is 30.5 Å². The zero-order chi connectivity index (χ0) is 22.0. The molecule has 1 saturated heterocycles.